The summed E-state index contributed by atoms with van der Waals surface area (Å²) in [5, 5.41) is 3.17. The van der Waals surface area contributed by atoms with Crippen molar-refractivity contribution >= 4 is 5.69 Å². The number of nitrogens with two attached hydrogens (primary N) is 1. The van der Waals surface area contributed by atoms with Crippen molar-refractivity contribution in [2.75, 3.05) is 18.4 Å². The van der Waals surface area contributed by atoms with Gasteiger partial charge in [-0.05, 0) is 12.1 Å². The zero-order valence-corrected chi connectivity index (χ0v) is 7.88. The van der Waals surface area contributed by atoms with Crippen molar-refractivity contribution in [3.63, 3.8) is 0 Å². The summed E-state index contributed by atoms with van der Waals surface area (Å²) >= 11 is 0. The van der Waals surface area contributed by atoms with Crippen LogP contribution in [0.25, 0.3) is 0 Å². The molecule has 0 spiro atoms. The molecule has 1 aromatic rings. The first-order valence-electron chi connectivity index (χ1n) is 4.42. The lowest BCUT2D eigenvalue weighted by Crippen LogP contribution is -2.12. The summed E-state index contributed by atoms with van der Waals surface area (Å²) in [5.41, 5.74) is 6.45. The van der Waals surface area contributed by atoms with Crippen LogP contribution in [0, 0.1) is 0 Å². The van der Waals surface area contributed by atoms with Gasteiger partial charge in [0, 0.05) is 18.8 Å². The Hall–Kier alpha value is -1.02. The van der Waals surface area contributed by atoms with Crippen LogP contribution in [0.1, 0.15) is 13.8 Å². The average molecular weight is 166 g/mol. The highest BCUT2D eigenvalue weighted by Crippen LogP contribution is 2.02. The van der Waals surface area contributed by atoms with E-state index < -0.39 is 0 Å². The van der Waals surface area contributed by atoms with Crippen LogP contribution in [0.5, 0.6) is 0 Å². The minimum atomic E-state index is 0.675. The number of hydrogen-bond acceptors (Lipinski definition) is 2. The first-order chi connectivity index (χ1) is 5.93. The SMILES string of the molecule is CC.NCCNc1ccccc1. The fraction of sp³-hybridized carbons (Fsp3) is 0.400. The normalized spacial score (nSPS) is 8.25. The zero-order chi connectivity index (χ0) is 9.23. The Morgan fingerprint density at radius 2 is 1.75 bits per heavy atom. The molecule has 0 heterocycles. The monoisotopic (exact) mass is 166 g/mol. The molecular formula is C10H18N2. The Bertz CT molecular complexity index is 172. The highest BCUT2D eigenvalue weighted by molar-refractivity contribution is 5.42. The molecule has 0 atom stereocenters. The Morgan fingerprint density at radius 1 is 1.17 bits per heavy atom. The first kappa shape index (κ1) is 11.0. The highest BCUT2D eigenvalue weighted by atomic mass is 14.9. The first-order valence-corrected chi connectivity index (χ1v) is 4.42. The van der Waals surface area contributed by atoms with Gasteiger partial charge in [-0.1, -0.05) is 32.0 Å². The van der Waals surface area contributed by atoms with Crippen LogP contribution in [-0.4, -0.2) is 13.1 Å². The molecule has 0 saturated heterocycles. The van der Waals surface area contributed by atoms with Crippen molar-refractivity contribution in [2.24, 2.45) is 5.73 Å². The largest absolute Gasteiger partial charge is 0.384 e. The van der Waals surface area contributed by atoms with Crippen molar-refractivity contribution in [1.82, 2.24) is 0 Å². The molecule has 1 rings (SSSR count). The van der Waals surface area contributed by atoms with Gasteiger partial charge >= 0.3 is 0 Å². The predicted octanol–water partition coefficient (Wildman–Crippen LogP) is 2.08. The standard InChI is InChI=1S/C8H12N2.C2H6/c9-6-7-10-8-4-2-1-3-5-8;1-2/h1-5,10H,6-7,9H2;1-2H3. The third-order valence-electron chi connectivity index (χ3n) is 1.25. The highest BCUT2D eigenvalue weighted by Gasteiger charge is 1.84. The predicted molar refractivity (Wildman–Crippen MR) is 55.3 cm³/mol. The van der Waals surface area contributed by atoms with Gasteiger partial charge in [0.05, 0.1) is 0 Å². The summed E-state index contributed by atoms with van der Waals surface area (Å²) in [4.78, 5) is 0. The lowest BCUT2D eigenvalue weighted by atomic mass is 10.3. The Kier molecular flexibility index (Phi) is 7.39. The van der Waals surface area contributed by atoms with E-state index in [0.717, 1.165) is 12.2 Å². The third kappa shape index (κ3) is 4.74. The second kappa shape index (κ2) is 8.08. The molecule has 0 aliphatic rings. The van der Waals surface area contributed by atoms with Gasteiger partial charge in [-0.25, -0.2) is 0 Å². The van der Waals surface area contributed by atoms with Gasteiger partial charge in [-0.2, -0.15) is 0 Å². The van der Waals surface area contributed by atoms with Crippen LogP contribution in [0.2, 0.25) is 0 Å². The molecular weight excluding hydrogens is 148 g/mol. The minimum absolute atomic E-state index is 0.675. The molecule has 0 unspecified atom stereocenters. The zero-order valence-electron chi connectivity index (χ0n) is 7.88. The summed E-state index contributed by atoms with van der Waals surface area (Å²) in [7, 11) is 0. The number of para-hydroxylation sites is 1. The molecule has 0 amide bonds. The van der Waals surface area contributed by atoms with Crippen LogP contribution >= 0.6 is 0 Å². The molecule has 2 heteroatoms. The Morgan fingerprint density at radius 3 is 2.25 bits per heavy atom. The van der Waals surface area contributed by atoms with Gasteiger partial charge in [0.25, 0.3) is 0 Å². The summed E-state index contributed by atoms with van der Waals surface area (Å²) in [6.07, 6.45) is 0. The molecule has 12 heavy (non-hydrogen) atoms. The van der Waals surface area contributed by atoms with E-state index in [1.165, 1.54) is 0 Å². The number of anilines is 1. The van der Waals surface area contributed by atoms with Gasteiger partial charge in [-0.15, -0.1) is 0 Å². The fourth-order valence-corrected chi connectivity index (χ4v) is 0.773. The minimum Gasteiger partial charge on any atom is -0.384 e. The quantitative estimate of drug-likeness (QED) is 0.721. The number of rotatable bonds is 3. The molecule has 0 bridgehead atoms. The van der Waals surface area contributed by atoms with E-state index >= 15 is 0 Å². The molecule has 2 nitrogen and oxygen atoms in total. The van der Waals surface area contributed by atoms with Crippen molar-refractivity contribution < 1.29 is 0 Å². The third-order valence-corrected chi connectivity index (χ3v) is 1.25. The Labute approximate surface area is 74.8 Å². The van der Waals surface area contributed by atoms with Crippen LogP contribution < -0.4 is 11.1 Å². The summed E-state index contributed by atoms with van der Waals surface area (Å²) < 4.78 is 0. The van der Waals surface area contributed by atoms with Crippen molar-refractivity contribution in [2.45, 2.75) is 13.8 Å². The molecule has 0 aliphatic heterocycles. The van der Waals surface area contributed by atoms with Crippen LogP contribution in [0.15, 0.2) is 30.3 Å². The molecule has 68 valence electrons. The molecule has 1 aromatic carbocycles. The van der Waals surface area contributed by atoms with Gasteiger partial charge in [0.1, 0.15) is 0 Å². The fourth-order valence-electron chi connectivity index (χ4n) is 0.773. The Balaban J connectivity index is 0.000000561. The second-order valence-corrected chi connectivity index (χ2v) is 2.08. The van der Waals surface area contributed by atoms with E-state index in [1.54, 1.807) is 0 Å². The lowest BCUT2D eigenvalue weighted by Gasteiger charge is -2.01. The number of hydrogen-bond donors (Lipinski definition) is 2. The number of nitrogens with one attached hydrogen (secondary N) is 1. The van der Waals surface area contributed by atoms with E-state index in [9.17, 15) is 0 Å². The topological polar surface area (TPSA) is 38.0 Å². The smallest absolute Gasteiger partial charge is 0.0340 e. The molecule has 3 N–H and O–H groups in total. The summed E-state index contributed by atoms with van der Waals surface area (Å²) in [6.45, 7) is 5.51. The molecule has 0 fully saturated rings. The lowest BCUT2D eigenvalue weighted by molar-refractivity contribution is 1.02. The van der Waals surface area contributed by atoms with Gasteiger partial charge in [-0.3, -0.25) is 0 Å². The van der Waals surface area contributed by atoms with E-state index in [0.29, 0.717) is 6.54 Å². The van der Waals surface area contributed by atoms with Crippen LogP contribution in [0.3, 0.4) is 0 Å². The van der Waals surface area contributed by atoms with E-state index in [-0.39, 0.29) is 0 Å². The second-order valence-electron chi connectivity index (χ2n) is 2.08. The average Bonchev–Trinajstić information content (AvgIpc) is 2.19. The van der Waals surface area contributed by atoms with Crippen LogP contribution in [0.4, 0.5) is 5.69 Å². The maximum Gasteiger partial charge on any atom is 0.0340 e. The summed E-state index contributed by atoms with van der Waals surface area (Å²) in [6, 6.07) is 10.0. The van der Waals surface area contributed by atoms with E-state index in [4.69, 9.17) is 5.73 Å². The maximum atomic E-state index is 5.31. The van der Waals surface area contributed by atoms with Crippen molar-refractivity contribution in [3.8, 4) is 0 Å². The molecule has 0 aliphatic carbocycles. The van der Waals surface area contributed by atoms with E-state index in [1.807, 2.05) is 44.2 Å². The molecule has 0 saturated carbocycles. The molecule has 0 aromatic heterocycles. The summed E-state index contributed by atoms with van der Waals surface area (Å²) in [5.74, 6) is 0. The van der Waals surface area contributed by atoms with Crippen molar-refractivity contribution in [3.05, 3.63) is 30.3 Å². The van der Waals surface area contributed by atoms with Gasteiger partial charge in [0.15, 0.2) is 0 Å². The van der Waals surface area contributed by atoms with Gasteiger partial charge in [0.2, 0.25) is 0 Å². The maximum absolute atomic E-state index is 5.31. The van der Waals surface area contributed by atoms with Crippen molar-refractivity contribution in [1.29, 1.82) is 0 Å². The van der Waals surface area contributed by atoms with Gasteiger partial charge < -0.3 is 11.1 Å². The number of benzene rings is 1. The molecule has 0 radical (unpaired) electrons. The van der Waals surface area contributed by atoms with Crippen LogP contribution in [-0.2, 0) is 0 Å². The van der Waals surface area contributed by atoms with E-state index in [2.05, 4.69) is 5.32 Å².